The van der Waals surface area contributed by atoms with E-state index in [9.17, 15) is 4.79 Å². The minimum absolute atomic E-state index is 0.0981. The van der Waals surface area contributed by atoms with Crippen LogP contribution in [-0.4, -0.2) is 48.0 Å². The molecule has 7 heteroatoms. The van der Waals surface area contributed by atoms with Crippen LogP contribution in [-0.2, 0) is 4.84 Å². The van der Waals surface area contributed by atoms with Crippen LogP contribution in [0.1, 0.15) is 47.0 Å². The number of ketones is 1. The second-order valence-corrected chi connectivity index (χ2v) is 9.20. The topological polar surface area (TPSA) is 54.3 Å². The van der Waals surface area contributed by atoms with Crippen molar-refractivity contribution in [2.75, 3.05) is 20.1 Å². The molecule has 1 aromatic carbocycles. The zero-order valence-corrected chi connectivity index (χ0v) is 17.5. The Labute approximate surface area is 173 Å². The molecule has 2 aliphatic rings. The average Bonchev–Trinajstić information content (AvgIpc) is 3.41. The van der Waals surface area contributed by atoms with Crippen LogP contribution in [0, 0.1) is 0 Å². The summed E-state index contributed by atoms with van der Waals surface area (Å²) >= 11 is 7.24. The number of aliphatic imine (C=N–C) groups is 1. The van der Waals surface area contributed by atoms with Gasteiger partial charge in [0.15, 0.2) is 5.78 Å². The second-order valence-electron chi connectivity index (χ2n) is 7.49. The van der Waals surface area contributed by atoms with Crippen molar-refractivity contribution < 1.29 is 9.63 Å². The van der Waals surface area contributed by atoms with Crippen LogP contribution in [0.5, 0.6) is 0 Å². The molecule has 0 saturated carbocycles. The molecule has 4 rings (SSSR count). The lowest BCUT2D eigenvalue weighted by molar-refractivity contribution is -0.0103. The molecule has 146 valence electrons. The number of oxime groups is 1. The first kappa shape index (κ1) is 19.2. The maximum absolute atomic E-state index is 12.3. The third-order valence-electron chi connectivity index (χ3n) is 5.18. The molecule has 2 aromatic rings. The van der Waals surface area contributed by atoms with Crippen molar-refractivity contribution in [2.24, 2.45) is 10.1 Å². The van der Waals surface area contributed by atoms with Gasteiger partial charge in [0, 0.05) is 32.0 Å². The maximum atomic E-state index is 12.3. The Morgan fingerprint density at radius 1 is 1.25 bits per heavy atom. The summed E-state index contributed by atoms with van der Waals surface area (Å²) in [6.07, 6.45) is 1.72. The maximum Gasteiger partial charge on any atom is 0.172 e. The highest BCUT2D eigenvalue weighted by Crippen LogP contribution is 2.32. The second kappa shape index (κ2) is 7.68. The van der Waals surface area contributed by atoms with Gasteiger partial charge in [0.25, 0.3) is 0 Å². The molecule has 28 heavy (non-hydrogen) atoms. The summed E-state index contributed by atoms with van der Waals surface area (Å²) in [6.45, 7) is 3.82. The molecule has 0 radical (unpaired) electrons. The lowest BCUT2D eigenvalue weighted by atomic mass is 9.90. The summed E-state index contributed by atoms with van der Waals surface area (Å²) in [5, 5.41) is 4.30. The number of amidine groups is 1. The van der Waals surface area contributed by atoms with E-state index in [4.69, 9.17) is 16.4 Å². The molecule has 0 saturated heterocycles. The quantitative estimate of drug-likeness (QED) is 0.646. The Morgan fingerprint density at radius 2 is 2.00 bits per heavy atom. The summed E-state index contributed by atoms with van der Waals surface area (Å²) in [5.41, 5.74) is 2.62. The molecule has 0 aliphatic carbocycles. The van der Waals surface area contributed by atoms with Crippen molar-refractivity contribution in [3.8, 4) is 0 Å². The summed E-state index contributed by atoms with van der Waals surface area (Å²) in [7, 11) is 2.06. The average molecular weight is 416 g/mol. The zero-order chi connectivity index (χ0) is 19.7. The fourth-order valence-corrected chi connectivity index (χ4v) is 4.50. The molecule has 1 unspecified atom stereocenters. The Hall–Kier alpha value is -2.18. The van der Waals surface area contributed by atoms with Crippen molar-refractivity contribution >= 4 is 40.3 Å². The number of halogens is 1. The van der Waals surface area contributed by atoms with Crippen molar-refractivity contribution in [1.29, 1.82) is 0 Å². The highest BCUT2D eigenvalue weighted by Gasteiger charge is 2.35. The Bertz CT molecular complexity index is 951. The molecule has 0 fully saturated rings. The summed E-state index contributed by atoms with van der Waals surface area (Å²) in [6, 6.07) is 11.8. The first-order valence-electron chi connectivity index (χ1n) is 9.33. The molecule has 3 heterocycles. The third-order valence-corrected chi connectivity index (χ3v) is 6.45. The molecule has 0 N–H and O–H groups in total. The van der Waals surface area contributed by atoms with E-state index >= 15 is 0 Å². The first-order valence-corrected chi connectivity index (χ1v) is 10.5. The van der Waals surface area contributed by atoms with Gasteiger partial charge in [-0.25, -0.2) is 0 Å². The van der Waals surface area contributed by atoms with Gasteiger partial charge in [-0.05, 0) is 31.0 Å². The van der Waals surface area contributed by atoms with E-state index in [0.717, 1.165) is 35.8 Å². The molecule has 1 atom stereocenters. The fourth-order valence-electron chi connectivity index (χ4n) is 3.49. The van der Waals surface area contributed by atoms with Crippen molar-refractivity contribution in [3.63, 3.8) is 0 Å². The van der Waals surface area contributed by atoms with Gasteiger partial charge in [0.05, 0.1) is 21.5 Å². The lowest BCUT2D eigenvalue weighted by Gasteiger charge is -2.20. The number of hydrogen-bond donors (Lipinski definition) is 0. The largest absolute Gasteiger partial charge is 0.389 e. The van der Waals surface area contributed by atoms with Crippen LogP contribution in [0.2, 0.25) is 4.34 Å². The monoisotopic (exact) mass is 415 g/mol. The Kier molecular flexibility index (Phi) is 5.25. The van der Waals surface area contributed by atoms with Gasteiger partial charge < -0.3 is 9.74 Å². The van der Waals surface area contributed by atoms with Gasteiger partial charge in [-0.3, -0.25) is 9.79 Å². The molecule has 5 nitrogen and oxygen atoms in total. The van der Waals surface area contributed by atoms with Gasteiger partial charge in [0.2, 0.25) is 0 Å². The van der Waals surface area contributed by atoms with E-state index in [1.807, 2.05) is 6.92 Å². The molecule has 2 aliphatic heterocycles. The molecule has 0 spiro atoms. The van der Waals surface area contributed by atoms with Crippen LogP contribution in [0.25, 0.3) is 0 Å². The number of hydrogen-bond acceptors (Lipinski definition) is 6. The Balaban J connectivity index is 1.37. The van der Waals surface area contributed by atoms with Crippen LogP contribution in [0.15, 0.2) is 46.5 Å². The minimum Gasteiger partial charge on any atom is -0.389 e. The Morgan fingerprint density at radius 3 is 2.64 bits per heavy atom. The van der Waals surface area contributed by atoms with E-state index < -0.39 is 5.60 Å². The van der Waals surface area contributed by atoms with Gasteiger partial charge in [-0.15, -0.1) is 11.3 Å². The number of thiophene rings is 1. The van der Waals surface area contributed by atoms with Gasteiger partial charge in [-0.2, -0.15) is 0 Å². The van der Waals surface area contributed by atoms with Crippen molar-refractivity contribution in [3.05, 3.63) is 56.7 Å². The van der Waals surface area contributed by atoms with Gasteiger partial charge >= 0.3 is 0 Å². The van der Waals surface area contributed by atoms with E-state index in [1.54, 1.807) is 12.1 Å². The van der Waals surface area contributed by atoms with Crippen LogP contribution >= 0.6 is 22.9 Å². The minimum atomic E-state index is -0.458. The van der Waals surface area contributed by atoms with Crippen LogP contribution in [0.4, 0.5) is 0 Å². The zero-order valence-electron chi connectivity index (χ0n) is 15.9. The van der Waals surface area contributed by atoms with E-state index in [-0.39, 0.29) is 5.78 Å². The molecule has 1 aromatic heterocycles. The number of carbonyl (C=O) groups excluding carboxylic acids is 1. The van der Waals surface area contributed by atoms with Gasteiger partial charge in [-0.1, -0.05) is 41.0 Å². The molecule has 0 bridgehead atoms. The number of Topliss-reactive ketones (excluding diaryl/α,β-unsaturated/α-hetero) is 1. The van der Waals surface area contributed by atoms with E-state index in [1.165, 1.54) is 11.3 Å². The highest BCUT2D eigenvalue weighted by atomic mass is 35.5. The van der Waals surface area contributed by atoms with Gasteiger partial charge in [0.1, 0.15) is 11.4 Å². The van der Waals surface area contributed by atoms with E-state index in [0.29, 0.717) is 28.5 Å². The predicted molar refractivity (Wildman–Crippen MR) is 114 cm³/mol. The fraction of sp³-hybridized carbons (Fsp3) is 0.381. The normalized spacial score (nSPS) is 21.5. The van der Waals surface area contributed by atoms with Crippen molar-refractivity contribution in [2.45, 2.75) is 31.8 Å². The number of benzene rings is 1. The van der Waals surface area contributed by atoms with Crippen molar-refractivity contribution in [1.82, 2.24) is 4.90 Å². The lowest BCUT2D eigenvalue weighted by Crippen LogP contribution is -2.26. The van der Waals surface area contributed by atoms with Crippen LogP contribution in [0.3, 0.4) is 0 Å². The van der Waals surface area contributed by atoms with E-state index in [2.05, 4.69) is 46.4 Å². The molecule has 0 amide bonds. The third kappa shape index (κ3) is 3.98. The molecular weight excluding hydrogens is 394 g/mol. The van der Waals surface area contributed by atoms with Crippen LogP contribution < -0.4 is 0 Å². The number of nitrogens with zero attached hydrogens (tertiary/aromatic N) is 3. The smallest absolute Gasteiger partial charge is 0.172 e. The SMILES string of the molecule is CN1CCN=C1c1ccc(C2=NOC(C)(CCC(=O)c3ccc(Cl)s3)C2)cc1. The number of likely N-dealkylation sites (N-methyl/N-ethyl adjacent to an activating group) is 1. The first-order chi connectivity index (χ1) is 13.4. The molecular formula is C21H22ClN3O2S. The number of rotatable bonds is 6. The summed E-state index contributed by atoms with van der Waals surface area (Å²) < 4.78 is 0.635. The predicted octanol–water partition coefficient (Wildman–Crippen LogP) is 4.64. The standard InChI is InChI=1S/C21H22ClN3O2S/c1-21(10-9-17(26)18-7-8-19(22)28-18)13-16(24-27-21)14-3-5-15(6-4-14)20-23-11-12-25(20)2/h3-8H,9-13H2,1-2H3. The summed E-state index contributed by atoms with van der Waals surface area (Å²) in [5.74, 6) is 1.13. The summed E-state index contributed by atoms with van der Waals surface area (Å²) in [4.78, 5) is 25.5. The number of carbonyl (C=O) groups is 1. The highest BCUT2D eigenvalue weighted by molar-refractivity contribution is 7.18.